The van der Waals surface area contributed by atoms with E-state index in [2.05, 4.69) is 77.6 Å². The van der Waals surface area contributed by atoms with E-state index in [-0.39, 0.29) is 85.2 Å². The van der Waals surface area contributed by atoms with Gasteiger partial charge in [-0.1, -0.05) is 153 Å². The SMILES string of the molecule is Cn1[nH]c(=O)c2c1[C@@]1(C)CC[C@@H]2C1(C)C.Cn1c2c(c(=O)n1Cc1cn(C(c3ccccc3)(c3ccccc3)c3ccccc3)nc1C(F)(F)F)[C@@H]1CC[C@@]2(C)C1(C)C.Cn1c2c(c(=O)n1Cc1cn[nH]c1C(F)(F)F)[C@@H]1CC[C@@]2(C)C1(C)C. The zero-order chi connectivity index (χ0) is 60.4. The van der Waals surface area contributed by atoms with E-state index in [1.54, 1.807) is 11.7 Å². The van der Waals surface area contributed by atoms with Crippen LogP contribution in [0.15, 0.2) is 118 Å². The van der Waals surface area contributed by atoms with Crippen LogP contribution in [0.2, 0.25) is 0 Å². The first kappa shape index (κ1) is 57.1. The van der Waals surface area contributed by atoms with Gasteiger partial charge < -0.3 is 0 Å². The number of fused-ring (bicyclic) bond motifs is 15. The van der Waals surface area contributed by atoms with Gasteiger partial charge in [0.2, 0.25) is 0 Å². The average molecular weight is 1160 g/mol. The molecule has 2 N–H and O–H groups in total. The lowest BCUT2D eigenvalue weighted by Crippen LogP contribution is -2.38. The maximum Gasteiger partial charge on any atom is 0.435 e. The van der Waals surface area contributed by atoms with Gasteiger partial charge in [-0.05, 0) is 89.2 Å². The highest BCUT2D eigenvalue weighted by Crippen LogP contribution is 2.69. The number of benzene rings is 3. The van der Waals surface area contributed by atoms with E-state index in [1.165, 1.54) is 38.8 Å². The van der Waals surface area contributed by atoms with Crippen molar-refractivity contribution in [1.82, 2.24) is 48.5 Å². The minimum absolute atomic E-state index is 0.0134. The summed E-state index contributed by atoms with van der Waals surface area (Å²) in [5, 5.41) is 12.8. The van der Waals surface area contributed by atoms with Crippen LogP contribution in [-0.2, 0) is 68.4 Å². The second-order valence-electron chi connectivity index (χ2n) is 27.0. The molecule has 13 nitrogen and oxygen atoms in total. The van der Waals surface area contributed by atoms with Crippen molar-refractivity contribution in [3.63, 3.8) is 0 Å². The van der Waals surface area contributed by atoms with Crippen LogP contribution in [-0.4, -0.2) is 48.5 Å². The molecule has 6 aliphatic carbocycles. The Balaban J connectivity index is 0.000000144. The molecule has 84 heavy (non-hydrogen) atoms. The maximum absolute atomic E-state index is 14.8. The van der Waals surface area contributed by atoms with Crippen molar-refractivity contribution in [1.29, 1.82) is 0 Å². The maximum atomic E-state index is 14.8. The highest BCUT2D eigenvalue weighted by Gasteiger charge is 2.65. The molecule has 3 fully saturated rings. The number of rotatable bonds is 8. The van der Waals surface area contributed by atoms with Crippen molar-refractivity contribution >= 4 is 0 Å². The zero-order valence-corrected chi connectivity index (χ0v) is 49.8. The van der Waals surface area contributed by atoms with Crippen LogP contribution < -0.4 is 16.7 Å². The number of halogens is 6. The molecule has 0 aliphatic heterocycles. The quantitative estimate of drug-likeness (QED) is 0.115. The van der Waals surface area contributed by atoms with Crippen molar-refractivity contribution in [3.8, 4) is 0 Å². The van der Waals surface area contributed by atoms with Crippen LogP contribution in [0.5, 0.6) is 0 Å². The second-order valence-corrected chi connectivity index (χ2v) is 27.0. The van der Waals surface area contributed by atoms with Gasteiger partial charge in [-0.15, -0.1) is 0 Å². The minimum atomic E-state index is -4.74. The molecule has 5 aromatic heterocycles. The molecule has 19 heteroatoms. The molecular weight excluding hydrogens is 1080 g/mol. The number of alkyl halides is 6. The van der Waals surface area contributed by atoms with Crippen LogP contribution in [0, 0.1) is 16.2 Å². The first-order valence-corrected chi connectivity index (χ1v) is 29.1. The van der Waals surface area contributed by atoms with E-state index >= 15 is 0 Å². The van der Waals surface area contributed by atoms with Gasteiger partial charge in [0.1, 0.15) is 11.2 Å². The van der Waals surface area contributed by atoms with Crippen molar-refractivity contribution in [2.45, 2.75) is 166 Å². The van der Waals surface area contributed by atoms with Crippen LogP contribution in [0.1, 0.15) is 192 Å². The van der Waals surface area contributed by atoms with Crippen molar-refractivity contribution in [2.24, 2.45) is 37.4 Å². The van der Waals surface area contributed by atoms with E-state index in [9.17, 15) is 40.7 Å². The number of hydrogen-bond acceptors (Lipinski definition) is 5. The summed E-state index contributed by atoms with van der Waals surface area (Å²) in [5.74, 6) is 0.718. The van der Waals surface area contributed by atoms with Gasteiger partial charge >= 0.3 is 12.4 Å². The number of nitrogens with one attached hydrogen (secondary N) is 2. The minimum Gasteiger partial charge on any atom is -0.291 e. The predicted octanol–water partition coefficient (Wildman–Crippen LogP) is 12.5. The van der Waals surface area contributed by atoms with E-state index in [0.717, 1.165) is 76.6 Å². The number of aromatic nitrogens is 10. The summed E-state index contributed by atoms with van der Waals surface area (Å²) >= 11 is 0. The Morgan fingerprint density at radius 3 is 1.31 bits per heavy atom. The fourth-order valence-corrected chi connectivity index (χ4v) is 17.3. The molecule has 3 saturated carbocycles. The lowest BCUT2D eigenvalue weighted by Gasteiger charge is -2.36. The van der Waals surface area contributed by atoms with Crippen LogP contribution in [0.4, 0.5) is 26.3 Å². The number of aromatic amines is 2. The lowest BCUT2D eigenvalue weighted by molar-refractivity contribution is -0.142. The first-order chi connectivity index (χ1) is 39.3. The molecule has 14 rings (SSSR count). The topological polar surface area (TPSA) is 138 Å². The number of nitrogens with zero attached hydrogens (tertiary/aromatic N) is 8. The molecule has 0 spiro atoms. The molecule has 0 saturated heterocycles. The Hall–Kier alpha value is -7.31. The van der Waals surface area contributed by atoms with Crippen molar-refractivity contribution < 1.29 is 26.3 Å². The largest absolute Gasteiger partial charge is 0.435 e. The normalized spacial score (nSPS) is 25.3. The summed E-state index contributed by atoms with van der Waals surface area (Å²) in [4.78, 5) is 38.9. The number of aryl methyl sites for hydroxylation is 1. The number of hydrogen-bond donors (Lipinski definition) is 2. The van der Waals surface area contributed by atoms with E-state index in [1.807, 2.05) is 120 Å². The van der Waals surface area contributed by atoms with Gasteiger partial charge in [-0.25, -0.2) is 9.36 Å². The third-order valence-corrected chi connectivity index (χ3v) is 22.8. The van der Waals surface area contributed by atoms with Gasteiger partial charge in [0, 0.05) is 77.1 Å². The Morgan fingerprint density at radius 2 is 0.929 bits per heavy atom. The molecule has 3 aromatic carbocycles. The molecule has 0 amide bonds. The fourth-order valence-electron chi connectivity index (χ4n) is 17.3. The highest BCUT2D eigenvalue weighted by molar-refractivity contribution is 5.52. The first-order valence-electron chi connectivity index (χ1n) is 29.1. The lowest BCUT2D eigenvalue weighted by atomic mass is 9.70. The Bertz CT molecular complexity index is 3970. The van der Waals surface area contributed by atoms with Crippen LogP contribution >= 0.6 is 0 Å². The Labute approximate surface area is 483 Å². The summed E-state index contributed by atoms with van der Waals surface area (Å²) in [7, 11) is 5.54. The van der Waals surface area contributed by atoms with Gasteiger partial charge in [-0.3, -0.25) is 43.3 Å². The second kappa shape index (κ2) is 18.6. The summed E-state index contributed by atoms with van der Waals surface area (Å²) in [6, 6.07) is 28.4. The van der Waals surface area contributed by atoms with E-state index < -0.39 is 29.3 Å². The monoisotopic (exact) mass is 1160 g/mol. The molecule has 0 unspecified atom stereocenters. The molecule has 6 bridgehead atoms. The molecule has 6 aliphatic rings. The van der Waals surface area contributed by atoms with Crippen molar-refractivity contribution in [3.05, 3.63) is 207 Å². The molecule has 5 heterocycles. The van der Waals surface area contributed by atoms with E-state index in [4.69, 9.17) is 0 Å². The smallest absolute Gasteiger partial charge is 0.291 e. The van der Waals surface area contributed by atoms with Crippen LogP contribution in [0.3, 0.4) is 0 Å². The summed E-state index contributed by atoms with van der Waals surface area (Å²) in [5.41, 5.74) is 4.67. The highest BCUT2D eigenvalue weighted by atomic mass is 19.4. The molecular formula is C65H74F6N10O3. The van der Waals surface area contributed by atoms with Crippen molar-refractivity contribution in [2.75, 3.05) is 0 Å². The fraction of sp³-hybridized carbons (Fsp3) is 0.492. The van der Waals surface area contributed by atoms with Gasteiger partial charge in [0.15, 0.2) is 5.69 Å². The summed E-state index contributed by atoms with van der Waals surface area (Å²) < 4.78 is 93.6. The summed E-state index contributed by atoms with van der Waals surface area (Å²) in [6.45, 7) is 19.7. The third kappa shape index (κ3) is 7.56. The van der Waals surface area contributed by atoms with Gasteiger partial charge in [0.05, 0.1) is 30.7 Å². The molecule has 0 radical (unpaired) electrons. The Kier molecular flexibility index (Phi) is 12.6. The Morgan fingerprint density at radius 1 is 0.536 bits per heavy atom. The van der Waals surface area contributed by atoms with Gasteiger partial charge in [0.25, 0.3) is 16.7 Å². The molecule has 6 atom stereocenters. The predicted molar refractivity (Wildman–Crippen MR) is 308 cm³/mol. The summed E-state index contributed by atoms with van der Waals surface area (Å²) in [6.07, 6.45) is -0.425. The van der Waals surface area contributed by atoms with E-state index in [0.29, 0.717) is 5.92 Å². The van der Waals surface area contributed by atoms with Crippen LogP contribution in [0.25, 0.3) is 0 Å². The average Bonchev–Trinajstić information content (AvgIpc) is 1.56. The standard InChI is InChI=1S/C36H35F3N4O.C17H21F3N4O.C12H18N2O/c1-33(2)28-20-21-34(33,3)31-29(28)32(44)42(41(31)4)22-24-23-43(40-30(24)36(37,38)39)35(25-14-8-5-9-15-25,26-16-10-6-11-17-26)27-18-12-7-13-19-27;1-15(2)10-5-6-16(15,3)13-11(10)14(25)24(23(13)4)8-9-7-21-22-12(9)17(18,19)20;1-11(2)7-5-6-12(11,3)9-8(7)10(15)13-14(9)4/h5-19,23,28H,20-22H2,1-4H3;7,10H,5-6,8H2,1-4H3,(H,21,22);7H,5-6H2,1-4H3,(H,13,15)/t28-,34+;10-,16+;7-,12+/m000/s1. The number of H-pyrrole nitrogens is 2. The third-order valence-electron chi connectivity index (χ3n) is 22.8. The molecule has 8 aromatic rings. The van der Waals surface area contributed by atoms with Gasteiger partial charge in [-0.2, -0.15) is 36.5 Å². The molecule has 444 valence electrons. The zero-order valence-electron chi connectivity index (χ0n) is 49.8.